The van der Waals surface area contributed by atoms with Gasteiger partial charge in [0.1, 0.15) is 0 Å². The van der Waals surface area contributed by atoms with E-state index in [1.807, 2.05) is 0 Å². The Balaban J connectivity index is 4.50. The zero-order chi connectivity index (χ0) is 10.5. The summed E-state index contributed by atoms with van der Waals surface area (Å²) in [5.74, 6) is 0. The zero-order valence-electron chi connectivity index (χ0n) is 9.89. The molecule has 0 heterocycles. The second-order valence-corrected chi connectivity index (χ2v) is 8.70. The Hall–Kier alpha value is 0.177. The largest absolute Gasteiger partial charge is 0.297 e. The predicted octanol–water partition coefficient (Wildman–Crippen LogP) is 4.37. The fourth-order valence-corrected chi connectivity index (χ4v) is 6.18. The van der Waals surface area contributed by atoms with Crippen LogP contribution in [0, 0.1) is 0 Å². The summed E-state index contributed by atoms with van der Waals surface area (Å²) in [6, 6.07) is 0.969. The van der Waals surface area contributed by atoms with Gasteiger partial charge in [-0.05, 0) is 17.1 Å². The molecule has 0 aliphatic heterocycles. The number of rotatable bonds is 6. The normalized spacial score (nSPS) is 20.8. The SMILES string of the molecule is CCC[Si]([O])(C(C)CC)C(C)CC. The highest BCUT2D eigenvalue weighted by atomic mass is 28.4. The maximum absolute atomic E-state index is 12.7. The summed E-state index contributed by atoms with van der Waals surface area (Å²) in [6.07, 6.45) is 3.21. The molecule has 0 saturated heterocycles. The van der Waals surface area contributed by atoms with Crippen LogP contribution < -0.4 is 0 Å². The molecule has 2 atom stereocenters. The molecule has 0 saturated carbocycles. The molecule has 2 unspecified atom stereocenters. The molecule has 0 spiro atoms. The Bertz CT molecular complexity index is 126. The van der Waals surface area contributed by atoms with E-state index in [-0.39, 0.29) is 0 Å². The van der Waals surface area contributed by atoms with E-state index in [0.29, 0.717) is 11.1 Å². The van der Waals surface area contributed by atoms with Crippen LogP contribution >= 0.6 is 0 Å². The molecule has 1 nitrogen and oxygen atoms in total. The monoisotopic (exact) mass is 201 g/mol. The van der Waals surface area contributed by atoms with Crippen LogP contribution in [0.15, 0.2) is 0 Å². The van der Waals surface area contributed by atoms with Gasteiger partial charge in [0.15, 0.2) is 0 Å². The van der Waals surface area contributed by atoms with Crippen LogP contribution in [-0.2, 0) is 4.80 Å². The first-order chi connectivity index (χ1) is 6.02. The molecule has 13 heavy (non-hydrogen) atoms. The van der Waals surface area contributed by atoms with Crippen LogP contribution in [0.4, 0.5) is 0 Å². The van der Waals surface area contributed by atoms with Crippen LogP contribution in [0.25, 0.3) is 0 Å². The van der Waals surface area contributed by atoms with Crippen molar-refractivity contribution in [1.82, 2.24) is 0 Å². The topological polar surface area (TPSA) is 19.9 Å². The molecule has 0 aliphatic carbocycles. The first-order valence-electron chi connectivity index (χ1n) is 5.73. The predicted molar refractivity (Wildman–Crippen MR) is 61.0 cm³/mol. The van der Waals surface area contributed by atoms with Crippen molar-refractivity contribution in [2.75, 3.05) is 0 Å². The molecule has 0 bridgehead atoms. The maximum Gasteiger partial charge on any atom is 0.242 e. The quantitative estimate of drug-likeness (QED) is 0.569. The number of hydrogen-bond donors (Lipinski definition) is 0. The lowest BCUT2D eigenvalue weighted by Crippen LogP contribution is -2.41. The molecular formula is C11H25OSi. The molecule has 0 aromatic heterocycles. The third kappa shape index (κ3) is 3.10. The van der Waals surface area contributed by atoms with E-state index in [4.69, 9.17) is 0 Å². The zero-order valence-corrected chi connectivity index (χ0v) is 10.9. The summed E-state index contributed by atoms with van der Waals surface area (Å²) in [5.41, 5.74) is 0.893. The maximum atomic E-state index is 12.7. The van der Waals surface area contributed by atoms with Gasteiger partial charge in [-0.1, -0.05) is 53.9 Å². The van der Waals surface area contributed by atoms with Gasteiger partial charge in [0.25, 0.3) is 0 Å². The minimum atomic E-state index is -2.21. The summed E-state index contributed by atoms with van der Waals surface area (Å²) in [5, 5.41) is 0. The Morgan fingerprint density at radius 3 is 1.62 bits per heavy atom. The summed E-state index contributed by atoms with van der Waals surface area (Å²) < 4.78 is 0. The standard InChI is InChI=1S/C11H25OSi/c1-6-9-13(12,10(4)7-2)11(5)8-3/h10-11H,6-9H2,1-5H3. The Morgan fingerprint density at radius 2 is 1.38 bits per heavy atom. The van der Waals surface area contributed by atoms with E-state index in [1.165, 1.54) is 0 Å². The molecular weight excluding hydrogens is 176 g/mol. The van der Waals surface area contributed by atoms with Crippen molar-refractivity contribution >= 4 is 8.32 Å². The second kappa shape index (κ2) is 5.81. The molecule has 0 fully saturated rings. The minimum Gasteiger partial charge on any atom is -0.297 e. The van der Waals surface area contributed by atoms with Crippen molar-refractivity contribution in [3.8, 4) is 0 Å². The van der Waals surface area contributed by atoms with E-state index in [0.717, 1.165) is 25.3 Å². The number of hydrogen-bond acceptors (Lipinski definition) is 0. The summed E-state index contributed by atoms with van der Waals surface area (Å²) in [6.45, 7) is 10.8. The first-order valence-corrected chi connectivity index (χ1v) is 8.00. The summed E-state index contributed by atoms with van der Waals surface area (Å²) in [7, 11) is -2.21. The lowest BCUT2D eigenvalue weighted by molar-refractivity contribution is 0.374. The molecule has 0 N–H and O–H groups in total. The van der Waals surface area contributed by atoms with Gasteiger partial charge in [-0.25, -0.2) is 0 Å². The smallest absolute Gasteiger partial charge is 0.242 e. The molecule has 2 heteroatoms. The van der Waals surface area contributed by atoms with Crippen molar-refractivity contribution in [3.05, 3.63) is 0 Å². The molecule has 0 amide bonds. The van der Waals surface area contributed by atoms with Crippen molar-refractivity contribution in [2.45, 2.75) is 71.0 Å². The van der Waals surface area contributed by atoms with E-state index in [2.05, 4.69) is 34.6 Å². The van der Waals surface area contributed by atoms with Crippen molar-refractivity contribution < 1.29 is 4.80 Å². The molecule has 0 rings (SSSR count). The van der Waals surface area contributed by atoms with E-state index in [9.17, 15) is 4.80 Å². The Labute approximate surface area is 84.7 Å². The fourth-order valence-electron chi connectivity index (χ4n) is 2.06. The average Bonchev–Trinajstić information content (AvgIpc) is 2.15. The van der Waals surface area contributed by atoms with Crippen LogP contribution in [0.2, 0.25) is 17.1 Å². The molecule has 0 aliphatic rings. The van der Waals surface area contributed by atoms with E-state index in [1.54, 1.807) is 0 Å². The average molecular weight is 201 g/mol. The first kappa shape index (κ1) is 13.2. The van der Waals surface area contributed by atoms with Gasteiger partial charge in [-0.3, -0.25) is 4.80 Å². The van der Waals surface area contributed by atoms with E-state index >= 15 is 0 Å². The van der Waals surface area contributed by atoms with Gasteiger partial charge in [0.2, 0.25) is 8.32 Å². The lowest BCUT2D eigenvalue weighted by Gasteiger charge is -2.33. The molecule has 0 aromatic rings. The van der Waals surface area contributed by atoms with Gasteiger partial charge in [-0.15, -0.1) is 0 Å². The van der Waals surface area contributed by atoms with Gasteiger partial charge in [0.05, 0.1) is 0 Å². The fraction of sp³-hybridized carbons (Fsp3) is 1.00. The Morgan fingerprint density at radius 1 is 1.00 bits per heavy atom. The third-order valence-corrected chi connectivity index (χ3v) is 8.97. The van der Waals surface area contributed by atoms with Crippen molar-refractivity contribution in [2.24, 2.45) is 0 Å². The highest BCUT2D eigenvalue weighted by Crippen LogP contribution is 2.38. The molecule has 0 aromatic carbocycles. The van der Waals surface area contributed by atoms with E-state index < -0.39 is 8.32 Å². The van der Waals surface area contributed by atoms with Crippen LogP contribution in [0.1, 0.15) is 53.9 Å². The van der Waals surface area contributed by atoms with Crippen molar-refractivity contribution in [1.29, 1.82) is 0 Å². The van der Waals surface area contributed by atoms with Gasteiger partial charge < -0.3 is 0 Å². The Kier molecular flexibility index (Phi) is 5.89. The lowest BCUT2D eigenvalue weighted by atomic mass is 10.3. The molecule has 1 radical (unpaired) electrons. The van der Waals surface area contributed by atoms with Gasteiger partial charge >= 0.3 is 0 Å². The van der Waals surface area contributed by atoms with Crippen LogP contribution in [0.3, 0.4) is 0 Å². The second-order valence-electron chi connectivity index (χ2n) is 4.32. The highest BCUT2D eigenvalue weighted by molar-refractivity contribution is 6.75. The van der Waals surface area contributed by atoms with Gasteiger partial charge in [0, 0.05) is 0 Å². The van der Waals surface area contributed by atoms with Crippen LogP contribution in [0.5, 0.6) is 0 Å². The highest BCUT2D eigenvalue weighted by Gasteiger charge is 2.42. The third-order valence-electron chi connectivity index (χ3n) is 3.53. The summed E-state index contributed by atoms with van der Waals surface area (Å²) in [4.78, 5) is 12.7. The minimum absolute atomic E-state index is 0.447. The van der Waals surface area contributed by atoms with Gasteiger partial charge in [-0.2, -0.15) is 0 Å². The van der Waals surface area contributed by atoms with Crippen LogP contribution in [-0.4, -0.2) is 8.32 Å². The van der Waals surface area contributed by atoms with Crippen molar-refractivity contribution in [3.63, 3.8) is 0 Å². The summed E-state index contributed by atoms with van der Waals surface area (Å²) >= 11 is 0. The molecule has 79 valence electrons.